The average molecular weight is 334 g/mol. The first-order chi connectivity index (χ1) is 8.40. The number of sulfonamides is 1. The maximum absolute atomic E-state index is 13.2. The van der Waals surface area contributed by atoms with Gasteiger partial charge in [0.25, 0.3) is 10.0 Å². The van der Waals surface area contributed by atoms with Crippen molar-refractivity contribution in [3.05, 3.63) is 40.5 Å². The Morgan fingerprint density at radius 1 is 1.44 bits per heavy atom. The summed E-state index contributed by atoms with van der Waals surface area (Å²) in [6.45, 7) is 1.61. The Labute approximate surface area is 112 Å². The number of H-pyrrole nitrogens is 1. The smallest absolute Gasteiger partial charge is 0.278 e. The van der Waals surface area contributed by atoms with Gasteiger partial charge in [-0.15, -0.1) is 0 Å². The topological polar surface area (TPSA) is 74.8 Å². The van der Waals surface area contributed by atoms with E-state index in [0.29, 0.717) is 11.3 Å². The molecule has 1 aromatic carbocycles. The fourth-order valence-electron chi connectivity index (χ4n) is 1.35. The molecular weight excluding hydrogens is 325 g/mol. The second-order valence-corrected chi connectivity index (χ2v) is 6.11. The van der Waals surface area contributed by atoms with Crippen molar-refractivity contribution in [1.82, 2.24) is 9.97 Å². The highest BCUT2D eigenvalue weighted by molar-refractivity contribution is 9.10. The lowest BCUT2D eigenvalue weighted by molar-refractivity contribution is 0.598. The molecule has 2 N–H and O–H groups in total. The molecule has 1 aromatic heterocycles. The molecule has 0 radical (unpaired) electrons. The van der Waals surface area contributed by atoms with Gasteiger partial charge in [0.2, 0.25) is 0 Å². The van der Waals surface area contributed by atoms with E-state index in [9.17, 15) is 12.8 Å². The summed E-state index contributed by atoms with van der Waals surface area (Å²) in [4.78, 5) is 6.14. The summed E-state index contributed by atoms with van der Waals surface area (Å²) >= 11 is 3.01. The van der Waals surface area contributed by atoms with Gasteiger partial charge in [0.05, 0.1) is 22.7 Å². The molecule has 96 valence electrons. The third kappa shape index (κ3) is 2.54. The van der Waals surface area contributed by atoms with Crippen molar-refractivity contribution in [3.63, 3.8) is 0 Å². The van der Waals surface area contributed by atoms with Gasteiger partial charge in [0, 0.05) is 0 Å². The summed E-state index contributed by atoms with van der Waals surface area (Å²) in [5, 5.41) is -0.0534. The molecule has 18 heavy (non-hydrogen) atoms. The van der Waals surface area contributed by atoms with Gasteiger partial charge in [-0.1, -0.05) is 0 Å². The molecule has 0 unspecified atom stereocenters. The molecule has 0 aliphatic heterocycles. The first kappa shape index (κ1) is 13.0. The zero-order valence-corrected chi connectivity index (χ0v) is 11.6. The van der Waals surface area contributed by atoms with E-state index >= 15 is 0 Å². The van der Waals surface area contributed by atoms with Crippen LogP contribution in [0.2, 0.25) is 0 Å². The van der Waals surface area contributed by atoms with Gasteiger partial charge in [-0.2, -0.15) is 8.42 Å². The van der Waals surface area contributed by atoms with Crippen LogP contribution in [0.15, 0.2) is 34.2 Å². The zero-order chi connectivity index (χ0) is 13.3. The number of nitrogens with one attached hydrogen (secondary N) is 2. The number of hydrogen-bond donors (Lipinski definition) is 2. The van der Waals surface area contributed by atoms with Gasteiger partial charge in [-0.25, -0.2) is 9.37 Å². The molecule has 2 rings (SSSR count). The highest BCUT2D eigenvalue weighted by Crippen LogP contribution is 2.25. The summed E-state index contributed by atoms with van der Waals surface area (Å²) in [7, 11) is -3.73. The van der Waals surface area contributed by atoms with Crippen molar-refractivity contribution in [1.29, 1.82) is 0 Å². The number of aromatic nitrogens is 2. The normalized spacial score (nSPS) is 11.5. The Hall–Kier alpha value is -1.41. The lowest BCUT2D eigenvalue weighted by Crippen LogP contribution is -2.14. The van der Waals surface area contributed by atoms with Gasteiger partial charge in [0.15, 0.2) is 5.03 Å². The molecule has 5 nitrogen and oxygen atoms in total. The number of hydrogen-bond acceptors (Lipinski definition) is 3. The number of benzene rings is 1. The van der Waals surface area contributed by atoms with E-state index in [1.165, 1.54) is 24.7 Å². The van der Waals surface area contributed by atoms with Crippen molar-refractivity contribution in [2.24, 2.45) is 0 Å². The number of aryl methyl sites for hydroxylation is 1. The van der Waals surface area contributed by atoms with Gasteiger partial charge < -0.3 is 4.98 Å². The Morgan fingerprint density at radius 2 is 2.17 bits per heavy atom. The summed E-state index contributed by atoms with van der Waals surface area (Å²) in [6.07, 6.45) is 2.46. The third-order valence-electron chi connectivity index (χ3n) is 2.27. The molecule has 0 amide bonds. The third-order valence-corrected chi connectivity index (χ3v) is 4.17. The summed E-state index contributed by atoms with van der Waals surface area (Å²) in [6, 6.07) is 2.62. The van der Waals surface area contributed by atoms with E-state index in [0.717, 1.165) is 0 Å². The number of halogens is 2. The van der Waals surface area contributed by atoms with Crippen LogP contribution in [0.3, 0.4) is 0 Å². The van der Waals surface area contributed by atoms with Gasteiger partial charge in [0.1, 0.15) is 5.82 Å². The van der Waals surface area contributed by atoms with E-state index in [1.807, 2.05) is 0 Å². The Kier molecular flexibility index (Phi) is 3.40. The molecule has 0 aliphatic carbocycles. The Morgan fingerprint density at radius 3 is 2.78 bits per heavy atom. The van der Waals surface area contributed by atoms with Crippen LogP contribution in [0.25, 0.3) is 0 Å². The second-order valence-electron chi connectivity index (χ2n) is 3.60. The fraction of sp³-hybridized carbons (Fsp3) is 0.100. The molecule has 0 bridgehead atoms. The first-order valence-corrected chi connectivity index (χ1v) is 7.14. The molecule has 2 aromatic rings. The molecular formula is C10H9BrFN3O2S. The van der Waals surface area contributed by atoms with E-state index in [1.54, 1.807) is 6.92 Å². The maximum atomic E-state index is 13.2. The number of imidazole rings is 1. The summed E-state index contributed by atoms with van der Waals surface area (Å²) in [5.41, 5.74) is 0.789. The number of anilines is 1. The van der Waals surface area contributed by atoms with Crippen molar-refractivity contribution in [2.45, 2.75) is 11.9 Å². The average Bonchev–Trinajstić information content (AvgIpc) is 2.79. The molecule has 0 saturated heterocycles. The lowest BCUT2D eigenvalue weighted by Gasteiger charge is -2.10. The quantitative estimate of drug-likeness (QED) is 0.905. The Bertz CT molecular complexity index is 671. The molecule has 0 aliphatic rings. The van der Waals surface area contributed by atoms with Crippen LogP contribution in [0, 0.1) is 12.7 Å². The zero-order valence-electron chi connectivity index (χ0n) is 9.24. The Balaban J connectivity index is 2.39. The van der Waals surface area contributed by atoms with Gasteiger partial charge in [-0.05, 0) is 40.5 Å². The van der Waals surface area contributed by atoms with Crippen LogP contribution < -0.4 is 4.72 Å². The van der Waals surface area contributed by atoms with Crippen molar-refractivity contribution in [3.8, 4) is 0 Å². The molecule has 8 heteroatoms. The minimum absolute atomic E-state index is 0.0534. The first-order valence-electron chi connectivity index (χ1n) is 4.87. The predicted octanol–water partition coefficient (Wildman–Crippen LogP) is 2.42. The molecule has 0 atom stereocenters. The predicted molar refractivity (Wildman–Crippen MR) is 68.2 cm³/mol. The maximum Gasteiger partial charge on any atom is 0.278 e. The van der Waals surface area contributed by atoms with Crippen LogP contribution >= 0.6 is 15.9 Å². The molecule has 0 fully saturated rings. The summed E-state index contributed by atoms with van der Waals surface area (Å²) in [5.74, 6) is -0.447. The standard InChI is InChI=1S/C10H9BrFN3O2S/c1-6-2-8(12)7(11)3-9(6)15-18(16,17)10-4-13-5-14-10/h2-5,15H,1H3,(H,13,14). The minimum Gasteiger partial charge on any atom is -0.334 e. The highest BCUT2D eigenvalue weighted by Gasteiger charge is 2.17. The fourth-order valence-corrected chi connectivity index (χ4v) is 2.72. The number of nitrogens with zero attached hydrogens (tertiary/aromatic N) is 1. The van der Waals surface area contributed by atoms with Crippen molar-refractivity contribution < 1.29 is 12.8 Å². The monoisotopic (exact) mass is 333 g/mol. The van der Waals surface area contributed by atoms with Gasteiger partial charge >= 0.3 is 0 Å². The molecule has 0 saturated carbocycles. The highest BCUT2D eigenvalue weighted by atomic mass is 79.9. The van der Waals surface area contributed by atoms with E-state index in [4.69, 9.17) is 0 Å². The van der Waals surface area contributed by atoms with Crippen LogP contribution in [0.5, 0.6) is 0 Å². The van der Waals surface area contributed by atoms with Crippen LogP contribution in [-0.2, 0) is 10.0 Å². The summed E-state index contributed by atoms with van der Waals surface area (Å²) < 4.78 is 39.6. The number of aromatic amines is 1. The van der Waals surface area contributed by atoms with E-state index < -0.39 is 15.8 Å². The minimum atomic E-state index is -3.73. The van der Waals surface area contributed by atoms with Crippen molar-refractivity contribution in [2.75, 3.05) is 4.72 Å². The molecule has 0 spiro atoms. The SMILES string of the molecule is Cc1cc(F)c(Br)cc1NS(=O)(=O)c1cnc[nH]1. The van der Waals surface area contributed by atoms with E-state index in [-0.39, 0.29) is 9.50 Å². The second kappa shape index (κ2) is 4.69. The van der Waals surface area contributed by atoms with Crippen LogP contribution in [0.4, 0.5) is 10.1 Å². The van der Waals surface area contributed by atoms with Gasteiger partial charge in [-0.3, -0.25) is 4.72 Å². The lowest BCUT2D eigenvalue weighted by atomic mass is 10.2. The van der Waals surface area contributed by atoms with E-state index in [2.05, 4.69) is 30.6 Å². The molecule has 1 heterocycles. The number of rotatable bonds is 3. The largest absolute Gasteiger partial charge is 0.334 e. The van der Waals surface area contributed by atoms with Crippen LogP contribution in [-0.4, -0.2) is 18.4 Å². The van der Waals surface area contributed by atoms with Crippen molar-refractivity contribution >= 4 is 31.6 Å². The van der Waals surface area contributed by atoms with Crippen LogP contribution in [0.1, 0.15) is 5.56 Å².